The van der Waals surface area contributed by atoms with Crippen LogP contribution in [-0.4, -0.2) is 25.3 Å². The molecule has 15 heavy (non-hydrogen) atoms. The van der Waals surface area contributed by atoms with E-state index in [1.165, 1.54) is 0 Å². The second kappa shape index (κ2) is 9.84. The van der Waals surface area contributed by atoms with Crippen molar-refractivity contribution in [2.45, 2.75) is 47.1 Å². The molecule has 3 nitrogen and oxygen atoms in total. The van der Waals surface area contributed by atoms with E-state index in [1.807, 2.05) is 27.7 Å². The van der Waals surface area contributed by atoms with Gasteiger partial charge in [-0.3, -0.25) is 4.79 Å². The Bertz CT molecular complexity index is 176. The number of carbonyl (C=O) groups is 2. The Morgan fingerprint density at radius 1 is 1.27 bits per heavy atom. The minimum Gasteiger partial charge on any atom is -0.381 e. The van der Waals surface area contributed by atoms with Crippen LogP contribution in [0.3, 0.4) is 0 Å². The molecule has 0 aliphatic rings. The zero-order valence-corrected chi connectivity index (χ0v) is 10.7. The summed E-state index contributed by atoms with van der Waals surface area (Å²) in [4.78, 5) is 20.3. The predicted molar refractivity (Wildman–Crippen MR) is 61.8 cm³/mol. The zero-order chi connectivity index (χ0) is 12.4. The summed E-state index contributed by atoms with van der Waals surface area (Å²) in [5.41, 5.74) is 0. The van der Waals surface area contributed by atoms with Crippen LogP contribution in [0, 0.1) is 11.8 Å². The van der Waals surface area contributed by atoms with E-state index >= 15 is 0 Å². The zero-order valence-electron chi connectivity index (χ0n) is 10.7. The fourth-order valence-electron chi connectivity index (χ4n) is 0.645. The topological polar surface area (TPSA) is 43.4 Å². The van der Waals surface area contributed by atoms with E-state index < -0.39 is 0 Å². The van der Waals surface area contributed by atoms with Crippen molar-refractivity contribution in [3.05, 3.63) is 0 Å². The molecule has 0 aliphatic heterocycles. The third kappa shape index (κ3) is 13.3. The molecule has 0 fully saturated rings. The summed E-state index contributed by atoms with van der Waals surface area (Å²) in [6.07, 6.45) is 1.59. The average Bonchev–Trinajstić information content (AvgIpc) is 2.16. The largest absolute Gasteiger partial charge is 0.381 e. The van der Waals surface area contributed by atoms with Gasteiger partial charge in [0.2, 0.25) is 0 Å². The van der Waals surface area contributed by atoms with Crippen LogP contribution in [0.25, 0.3) is 0 Å². The van der Waals surface area contributed by atoms with Gasteiger partial charge < -0.3 is 9.53 Å². The Labute approximate surface area is 93.2 Å². The summed E-state index contributed by atoms with van der Waals surface area (Å²) >= 11 is 0. The van der Waals surface area contributed by atoms with Gasteiger partial charge >= 0.3 is 0 Å². The molecule has 0 heterocycles. The average molecular weight is 216 g/mol. The summed E-state index contributed by atoms with van der Waals surface area (Å²) in [6.45, 7) is 9.45. The van der Waals surface area contributed by atoms with Crippen LogP contribution in [0.15, 0.2) is 0 Å². The van der Waals surface area contributed by atoms with Gasteiger partial charge in [-0.25, -0.2) is 0 Å². The van der Waals surface area contributed by atoms with Crippen molar-refractivity contribution in [3.8, 4) is 0 Å². The van der Waals surface area contributed by atoms with Crippen LogP contribution in [0.5, 0.6) is 0 Å². The van der Waals surface area contributed by atoms with Crippen LogP contribution in [-0.2, 0) is 14.3 Å². The third-order valence-corrected chi connectivity index (χ3v) is 2.24. The first-order valence-corrected chi connectivity index (χ1v) is 5.32. The first-order valence-electron chi connectivity index (χ1n) is 5.32. The maximum Gasteiger partial charge on any atom is 0.132 e. The second-order valence-corrected chi connectivity index (χ2v) is 4.19. The van der Waals surface area contributed by atoms with Gasteiger partial charge in [-0.05, 0) is 19.8 Å². The van der Waals surface area contributed by atoms with Crippen molar-refractivity contribution < 1.29 is 14.3 Å². The SMILES string of the molecule is CC(C)C(C)C=O.COC(C)CC(C)=O. The lowest BCUT2D eigenvalue weighted by molar-refractivity contribution is -0.119. The molecule has 0 bridgehead atoms. The third-order valence-electron chi connectivity index (χ3n) is 2.24. The van der Waals surface area contributed by atoms with Crippen LogP contribution in [0.2, 0.25) is 0 Å². The summed E-state index contributed by atoms with van der Waals surface area (Å²) in [6, 6.07) is 0. The van der Waals surface area contributed by atoms with Gasteiger partial charge in [0.25, 0.3) is 0 Å². The van der Waals surface area contributed by atoms with Crippen LogP contribution < -0.4 is 0 Å². The lowest BCUT2D eigenvalue weighted by Crippen LogP contribution is -2.08. The molecule has 0 aromatic heterocycles. The van der Waals surface area contributed by atoms with Crippen molar-refractivity contribution in [2.24, 2.45) is 11.8 Å². The molecule has 2 atom stereocenters. The first-order chi connectivity index (χ1) is 6.84. The van der Waals surface area contributed by atoms with Gasteiger partial charge in [0.1, 0.15) is 12.1 Å². The normalized spacial score (nSPS) is 13.8. The molecule has 2 unspecified atom stereocenters. The van der Waals surface area contributed by atoms with Gasteiger partial charge in [0.15, 0.2) is 0 Å². The monoisotopic (exact) mass is 216 g/mol. The minimum atomic E-state index is 0.0764. The molecule has 0 N–H and O–H groups in total. The number of ketones is 1. The quantitative estimate of drug-likeness (QED) is 0.663. The molecule has 0 aromatic carbocycles. The van der Waals surface area contributed by atoms with E-state index in [-0.39, 0.29) is 17.8 Å². The number of carbonyl (C=O) groups excluding carboxylic acids is 2. The van der Waals surface area contributed by atoms with Crippen molar-refractivity contribution >= 4 is 12.1 Å². The number of hydrogen-bond donors (Lipinski definition) is 0. The minimum absolute atomic E-state index is 0.0764. The summed E-state index contributed by atoms with van der Waals surface area (Å²) < 4.78 is 4.84. The lowest BCUT2D eigenvalue weighted by Gasteiger charge is -2.04. The number of hydrogen-bond acceptors (Lipinski definition) is 3. The molecule has 0 radical (unpaired) electrons. The molecule has 0 saturated carbocycles. The number of aldehydes is 1. The van der Waals surface area contributed by atoms with Gasteiger partial charge in [-0.15, -0.1) is 0 Å². The predicted octanol–water partition coefficient (Wildman–Crippen LogP) is 2.48. The fourth-order valence-corrected chi connectivity index (χ4v) is 0.645. The number of ether oxygens (including phenoxy) is 1. The van der Waals surface area contributed by atoms with Crippen LogP contribution in [0.4, 0.5) is 0 Å². The highest BCUT2D eigenvalue weighted by atomic mass is 16.5. The second-order valence-electron chi connectivity index (χ2n) is 4.19. The smallest absolute Gasteiger partial charge is 0.132 e. The van der Waals surface area contributed by atoms with Gasteiger partial charge in [0.05, 0.1) is 6.10 Å². The molecular weight excluding hydrogens is 192 g/mol. The first kappa shape index (κ1) is 16.7. The summed E-state index contributed by atoms with van der Waals surface area (Å²) in [7, 11) is 1.60. The van der Waals surface area contributed by atoms with Gasteiger partial charge in [-0.2, -0.15) is 0 Å². The highest BCUT2D eigenvalue weighted by Gasteiger charge is 2.02. The molecule has 0 amide bonds. The van der Waals surface area contributed by atoms with Crippen molar-refractivity contribution in [2.75, 3.05) is 7.11 Å². The molecule has 0 aliphatic carbocycles. The Kier molecular flexibility index (Phi) is 11.0. The van der Waals surface area contributed by atoms with E-state index in [1.54, 1.807) is 14.0 Å². The molecule has 3 heteroatoms. The Morgan fingerprint density at radius 3 is 1.80 bits per heavy atom. The van der Waals surface area contributed by atoms with E-state index in [4.69, 9.17) is 4.74 Å². The molecular formula is C12H24O3. The molecule has 0 spiro atoms. The summed E-state index contributed by atoms with van der Waals surface area (Å²) in [5, 5.41) is 0. The molecule has 0 rings (SSSR count). The van der Waals surface area contributed by atoms with E-state index in [2.05, 4.69) is 0 Å². The standard InChI is InChI=1S/C6H12O2.C6H12O/c1-5(7)4-6(2)8-3;1-5(2)6(3)4-7/h6H,4H2,1-3H3;4-6H,1-3H3. The van der Waals surface area contributed by atoms with Gasteiger partial charge in [0, 0.05) is 19.4 Å². The highest BCUT2D eigenvalue weighted by Crippen LogP contribution is 2.04. The Morgan fingerprint density at radius 2 is 1.73 bits per heavy atom. The molecule has 90 valence electrons. The lowest BCUT2D eigenvalue weighted by atomic mass is 10.0. The highest BCUT2D eigenvalue weighted by molar-refractivity contribution is 5.75. The number of methoxy groups -OCH3 is 1. The number of Topliss-reactive ketones (excluding diaryl/α,β-unsaturated/α-hetero) is 1. The van der Waals surface area contributed by atoms with Crippen LogP contribution in [0.1, 0.15) is 41.0 Å². The molecule has 0 saturated heterocycles. The van der Waals surface area contributed by atoms with Crippen molar-refractivity contribution in [3.63, 3.8) is 0 Å². The van der Waals surface area contributed by atoms with Gasteiger partial charge in [-0.1, -0.05) is 20.8 Å². The van der Waals surface area contributed by atoms with E-state index in [0.29, 0.717) is 12.3 Å². The Hall–Kier alpha value is -0.700. The molecule has 0 aromatic rings. The van der Waals surface area contributed by atoms with Crippen molar-refractivity contribution in [1.29, 1.82) is 0 Å². The summed E-state index contributed by atoms with van der Waals surface area (Å²) in [5.74, 6) is 0.900. The van der Waals surface area contributed by atoms with Crippen molar-refractivity contribution in [1.82, 2.24) is 0 Å². The van der Waals surface area contributed by atoms with Crippen LogP contribution >= 0.6 is 0 Å². The fraction of sp³-hybridized carbons (Fsp3) is 0.833. The maximum absolute atomic E-state index is 10.3. The van der Waals surface area contributed by atoms with E-state index in [0.717, 1.165) is 6.29 Å². The Balaban J connectivity index is 0. The van der Waals surface area contributed by atoms with E-state index in [9.17, 15) is 9.59 Å². The maximum atomic E-state index is 10.3. The number of rotatable bonds is 5.